The first kappa shape index (κ1) is 15.8. The first-order chi connectivity index (χ1) is 10.6. The molecule has 4 nitrogen and oxygen atoms in total. The molecule has 5 heteroatoms. The van der Waals surface area contributed by atoms with Crippen LogP contribution in [0.1, 0.15) is 13.8 Å². The number of ether oxygens (including phenoxy) is 2. The molecule has 0 aromatic heterocycles. The van der Waals surface area contributed by atoms with Crippen molar-refractivity contribution in [3.05, 3.63) is 54.3 Å². The van der Waals surface area contributed by atoms with Crippen LogP contribution in [0.2, 0.25) is 0 Å². The second-order valence-electron chi connectivity index (χ2n) is 4.63. The van der Waals surface area contributed by atoms with Crippen molar-refractivity contribution in [2.24, 2.45) is 0 Å². The first-order valence-electron chi connectivity index (χ1n) is 7.05. The summed E-state index contributed by atoms with van der Waals surface area (Å²) in [6.07, 6.45) is -0.752. The molecule has 2 rings (SSSR count). The molecule has 1 unspecified atom stereocenters. The van der Waals surface area contributed by atoms with Gasteiger partial charge in [0.15, 0.2) is 6.10 Å². The summed E-state index contributed by atoms with van der Waals surface area (Å²) < 4.78 is 24.3. The minimum absolute atomic E-state index is 0.134. The van der Waals surface area contributed by atoms with E-state index in [0.29, 0.717) is 12.4 Å². The van der Waals surface area contributed by atoms with Crippen molar-refractivity contribution < 1.29 is 18.7 Å². The second kappa shape index (κ2) is 7.45. The Labute approximate surface area is 128 Å². The Balaban J connectivity index is 1.95. The highest BCUT2D eigenvalue weighted by molar-refractivity contribution is 5.94. The van der Waals surface area contributed by atoms with Crippen LogP contribution < -0.4 is 14.8 Å². The van der Waals surface area contributed by atoms with E-state index in [1.165, 1.54) is 12.1 Å². The number of halogens is 1. The van der Waals surface area contributed by atoms with Crippen LogP contribution in [0.3, 0.4) is 0 Å². The van der Waals surface area contributed by atoms with Gasteiger partial charge in [0.05, 0.1) is 12.3 Å². The Bertz CT molecular complexity index is 628. The Morgan fingerprint density at radius 3 is 2.41 bits per heavy atom. The summed E-state index contributed by atoms with van der Waals surface area (Å²) in [5.41, 5.74) is 0.134. The standard InChI is InChI=1S/C17H18FNO3/c1-3-21-13-8-10-14(11-9-13)22-12(2)17(20)19-16-7-5-4-6-15(16)18/h4-12H,3H2,1-2H3,(H,19,20). The van der Waals surface area contributed by atoms with Crippen LogP contribution in [0.4, 0.5) is 10.1 Å². The number of carbonyl (C=O) groups excluding carboxylic acids is 1. The van der Waals surface area contributed by atoms with Gasteiger partial charge in [-0.25, -0.2) is 4.39 Å². The fourth-order valence-corrected chi connectivity index (χ4v) is 1.84. The zero-order valence-electron chi connectivity index (χ0n) is 12.5. The van der Waals surface area contributed by atoms with E-state index in [1.807, 2.05) is 6.92 Å². The molecule has 0 saturated carbocycles. The number of amides is 1. The number of anilines is 1. The molecule has 0 bridgehead atoms. The van der Waals surface area contributed by atoms with E-state index in [1.54, 1.807) is 43.3 Å². The maximum atomic E-state index is 13.5. The Morgan fingerprint density at radius 1 is 1.14 bits per heavy atom. The van der Waals surface area contributed by atoms with Crippen molar-refractivity contribution in [1.82, 2.24) is 0 Å². The SMILES string of the molecule is CCOc1ccc(OC(C)C(=O)Nc2ccccc2F)cc1. The first-order valence-corrected chi connectivity index (χ1v) is 7.05. The van der Waals surface area contributed by atoms with Gasteiger partial charge in [-0.05, 0) is 50.2 Å². The van der Waals surface area contributed by atoms with E-state index < -0.39 is 17.8 Å². The van der Waals surface area contributed by atoms with Gasteiger partial charge < -0.3 is 14.8 Å². The molecule has 1 N–H and O–H groups in total. The van der Waals surface area contributed by atoms with Crippen LogP contribution >= 0.6 is 0 Å². The summed E-state index contributed by atoms with van der Waals surface area (Å²) in [4.78, 5) is 12.0. The largest absolute Gasteiger partial charge is 0.494 e. The average molecular weight is 303 g/mol. The quantitative estimate of drug-likeness (QED) is 0.886. The molecule has 1 amide bonds. The number of rotatable bonds is 6. The number of carbonyl (C=O) groups is 1. The van der Waals surface area contributed by atoms with Crippen molar-refractivity contribution in [2.75, 3.05) is 11.9 Å². The topological polar surface area (TPSA) is 47.6 Å². The molecule has 0 aliphatic heterocycles. The summed E-state index contributed by atoms with van der Waals surface area (Å²) in [7, 11) is 0. The Hall–Kier alpha value is -2.56. The van der Waals surface area contributed by atoms with Crippen molar-refractivity contribution in [3.63, 3.8) is 0 Å². The molecule has 116 valence electrons. The minimum Gasteiger partial charge on any atom is -0.494 e. The maximum Gasteiger partial charge on any atom is 0.265 e. The molecule has 2 aromatic carbocycles. The summed E-state index contributed by atoms with van der Waals surface area (Å²) in [6.45, 7) is 4.09. The number of nitrogens with one attached hydrogen (secondary N) is 1. The minimum atomic E-state index is -0.752. The third-order valence-corrected chi connectivity index (χ3v) is 2.95. The van der Waals surface area contributed by atoms with Crippen molar-refractivity contribution in [1.29, 1.82) is 0 Å². The van der Waals surface area contributed by atoms with Crippen LogP contribution in [0.25, 0.3) is 0 Å². The van der Waals surface area contributed by atoms with Gasteiger partial charge in [0.25, 0.3) is 5.91 Å². The molecule has 2 aromatic rings. The molecule has 1 atom stereocenters. The summed E-state index contributed by atoms with van der Waals surface area (Å²) in [6, 6.07) is 13.0. The van der Waals surface area contributed by atoms with Crippen molar-refractivity contribution in [2.45, 2.75) is 20.0 Å². The number of benzene rings is 2. The van der Waals surface area contributed by atoms with Crippen LogP contribution in [0.15, 0.2) is 48.5 Å². The van der Waals surface area contributed by atoms with Gasteiger partial charge in [-0.15, -0.1) is 0 Å². The Kier molecular flexibility index (Phi) is 5.36. The molecule has 0 saturated heterocycles. The lowest BCUT2D eigenvalue weighted by Gasteiger charge is -2.15. The zero-order valence-corrected chi connectivity index (χ0v) is 12.5. The van der Waals surface area contributed by atoms with Crippen molar-refractivity contribution >= 4 is 11.6 Å². The predicted molar refractivity (Wildman–Crippen MR) is 82.7 cm³/mol. The van der Waals surface area contributed by atoms with Gasteiger partial charge >= 0.3 is 0 Å². The average Bonchev–Trinajstić information content (AvgIpc) is 2.51. The van der Waals surface area contributed by atoms with Crippen LogP contribution in [-0.4, -0.2) is 18.6 Å². The van der Waals surface area contributed by atoms with E-state index in [9.17, 15) is 9.18 Å². The number of hydrogen-bond acceptors (Lipinski definition) is 3. The molecular weight excluding hydrogens is 285 g/mol. The Morgan fingerprint density at radius 2 is 1.77 bits per heavy atom. The smallest absolute Gasteiger partial charge is 0.265 e. The van der Waals surface area contributed by atoms with Gasteiger partial charge in [0, 0.05) is 0 Å². The second-order valence-corrected chi connectivity index (χ2v) is 4.63. The van der Waals surface area contributed by atoms with E-state index >= 15 is 0 Å². The van der Waals surface area contributed by atoms with E-state index in [0.717, 1.165) is 5.75 Å². The van der Waals surface area contributed by atoms with Gasteiger partial charge in [0.2, 0.25) is 0 Å². The normalized spacial score (nSPS) is 11.6. The highest BCUT2D eigenvalue weighted by Gasteiger charge is 2.16. The number of hydrogen-bond donors (Lipinski definition) is 1. The molecule has 0 fully saturated rings. The fourth-order valence-electron chi connectivity index (χ4n) is 1.84. The van der Waals surface area contributed by atoms with Crippen LogP contribution in [0.5, 0.6) is 11.5 Å². The van der Waals surface area contributed by atoms with Crippen molar-refractivity contribution in [3.8, 4) is 11.5 Å². The lowest BCUT2D eigenvalue weighted by Crippen LogP contribution is -2.30. The molecule has 0 aliphatic rings. The van der Waals surface area contributed by atoms with Gasteiger partial charge in [0.1, 0.15) is 17.3 Å². The zero-order chi connectivity index (χ0) is 15.9. The van der Waals surface area contributed by atoms with Gasteiger partial charge in [-0.3, -0.25) is 4.79 Å². The summed E-state index contributed by atoms with van der Waals surface area (Å²) in [5.74, 6) is 0.376. The summed E-state index contributed by atoms with van der Waals surface area (Å²) in [5, 5.41) is 2.50. The van der Waals surface area contributed by atoms with Gasteiger partial charge in [-0.1, -0.05) is 12.1 Å². The molecule has 0 heterocycles. The van der Waals surface area contributed by atoms with Gasteiger partial charge in [-0.2, -0.15) is 0 Å². The molecule has 0 aliphatic carbocycles. The third-order valence-electron chi connectivity index (χ3n) is 2.95. The fraction of sp³-hybridized carbons (Fsp3) is 0.235. The lowest BCUT2D eigenvalue weighted by molar-refractivity contribution is -0.122. The van der Waals surface area contributed by atoms with E-state index in [4.69, 9.17) is 9.47 Å². The molecular formula is C17H18FNO3. The summed E-state index contributed by atoms with van der Waals surface area (Å²) >= 11 is 0. The highest BCUT2D eigenvalue weighted by Crippen LogP contribution is 2.19. The van der Waals surface area contributed by atoms with Crippen LogP contribution in [0, 0.1) is 5.82 Å². The van der Waals surface area contributed by atoms with Crippen LogP contribution in [-0.2, 0) is 4.79 Å². The lowest BCUT2D eigenvalue weighted by atomic mass is 10.2. The number of para-hydroxylation sites is 1. The molecule has 0 spiro atoms. The predicted octanol–water partition coefficient (Wildman–Crippen LogP) is 3.63. The molecule has 0 radical (unpaired) electrons. The molecule has 22 heavy (non-hydrogen) atoms. The monoisotopic (exact) mass is 303 g/mol. The highest BCUT2D eigenvalue weighted by atomic mass is 19.1. The van der Waals surface area contributed by atoms with E-state index in [2.05, 4.69) is 5.32 Å². The maximum absolute atomic E-state index is 13.5. The van der Waals surface area contributed by atoms with E-state index in [-0.39, 0.29) is 5.69 Å². The third kappa shape index (κ3) is 4.22.